The van der Waals surface area contributed by atoms with Crippen molar-refractivity contribution in [1.82, 2.24) is 0 Å². The van der Waals surface area contributed by atoms with Crippen LogP contribution in [0.2, 0.25) is 0 Å². The van der Waals surface area contributed by atoms with Gasteiger partial charge in [0, 0.05) is 16.8 Å². The van der Waals surface area contributed by atoms with E-state index in [4.69, 9.17) is 31.8 Å². The number of hydrogen-bond donors (Lipinski definition) is 4. The molecule has 6 heteroatoms. The molecule has 2 heterocycles. The van der Waals surface area contributed by atoms with Crippen molar-refractivity contribution in [1.29, 1.82) is 0 Å². The molecule has 8 N–H and O–H groups in total. The molecule has 0 saturated heterocycles. The maximum atomic E-state index is 5.76. The van der Waals surface area contributed by atoms with Crippen LogP contribution in [0.4, 0.5) is 23.1 Å². The molecule has 6 nitrogen and oxygen atoms in total. The van der Waals surface area contributed by atoms with Crippen LogP contribution in [0.15, 0.2) is 21.0 Å². The van der Waals surface area contributed by atoms with Gasteiger partial charge < -0.3 is 31.8 Å². The second-order valence-corrected chi connectivity index (χ2v) is 3.60. The topological polar surface area (TPSA) is 130 Å². The van der Waals surface area contributed by atoms with Crippen LogP contribution in [-0.2, 0) is 0 Å². The summed E-state index contributed by atoms with van der Waals surface area (Å²) in [4.78, 5) is 0. The molecule has 0 aliphatic rings. The molecular formula is C10H10N4O2. The summed E-state index contributed by atoms with van der Waals surface area (Å²) in [5.74, 6) is 0.378. The molecule has 0 unspecified atom stereocenters. The van der Waals surface area contributed by atoms with E-state index in [1.165, 1.54) is 0 Å². The number of nitrogens with two attached hydrogens (primary N) is 4. The van der Waals surface area contributed by atoms with E-state index in [2.05, 4.69) is 0 Å². The van der Waals surface area contributed by atoms with Crippen molar-refractivity contribution in [2.24, 2.45) is 0 Å². The third kappa shape index (κ3) is 0.902. The van der Waals surface area contributed by atoms with Gasteiger partial charge in [0.15, 0.2) is 0 Å². The first-order valence-electron chi connectivity index (χ1n) is 4.63. The quantitative estimate of drug-likeness (QED) is 0.452. The second kappa shape index (κ2) is 2.54. The molecule has 0 bridgehead atoms. The zero-order valence-corrected chi connectivity index (χ0v) is 8.28. The molecule has 0 aliphatic carbocycles. The van der Waals surface area contributed by atoms with E-state index < -0.39 is 0 Å². The van der Waals surface area contributed by atoms with Gasteiger partial charge in [-0.1, -0.05) is 0 Å². The number of fused-ring (bicyclic) bond motifs is 2. The molecule has 0 radical (unpaired) electrons. The number of anilines is 4. The van der Waals surface area contributed by atoms with Crippen LogP contribution in [0, 0.1) is 0 Å². The Hall–Kier alpha value is -2.50. The van der Waals surface area contributed by atoms with Crippen LogP contribution >= 0.6 is 0 Å². The highest BCUT2D eigenvalue weighted by Gasteiger charge is 2.14. The van der Waals surface area contributed by atoms with Crippen LogP contribution in [0.5, 0.6) is 0 Å². The highest BCUT2D eigenvalue weighted by atomic mass is 16.4. The summed E-state index contributed by atoms with van der Waals surface area (Å²) in [6, 6.07) is 3.43. The lowest BCUT2D eigenvalue weighted by Gasteiger charge is -1.91. The van der Waals surface area contributed by atoms with Crippen LogP contribution in [0.1, 0.15) is 0 Å². The van der Waals surface area contributed by atoms with Gasteiger partial charge >= 0.3 is 0 Å². The van der Waals surface area contributed by atoms with Gasteiger partial charge in [-0.3, -0.25) is 0 Å². The summed E-state index contributed by atoms with van der Waals surface area (Å²) in [6.07, 6.45) is 0. The summed E-state index contributed by atoms with van der Waals surface area (Å²) in [6.45, 7) is 0. The normalized spacial score (nSPS) is 11.5. The predicted molar refractivity (Wildman–Crippen MR) is 63.6 cm³/mol. The van der Waals surface area contributed by atoms with E-state index in [-0.39, 0.29) is 11.8 Å². The smallest absolute Gasteiger partial charge is 0.214 e. The molecular weight excluding hydrogens is 208 g/mol. The number of rotatable bonds is 0. The fourth-order valence-electron chi connectivity index (χ4n) is 1.76. The highest BCUT2D eigenvalue weighted by molar-refractivity contribution is 6.07. The minimum absolute atomic E-state index is 0.189. The van der Waals surface area contributed by atoms with Crippen molar-refractivity contribution in [3.63, 3.8) is 0 Å². The maximum absolute atomic E-state index is 5.76. The average Bonchev–Trinajstić information content (AvgIpc) is 2.66. The molecule has 0 fully saturated rings. The summed E-state index contributed by atoms with van der Waals surface area (Å²) in [7, 11) is 0. The third-order valence-corrected chi connectivity index (χ3v) is 2.63. The fourth-order valence-corrected chi connectivity index (χ4v) is 1.76. The molecule has 0 spiro atoms. The lowest BCUT2D eigenvalue weighted by Crippen LogP contribution is -1.90. The van der Waals surface area contributed by atoms with Crippen LogP contribution in [0.3, 0.4) is 0 Å². The average molecular weight is 218 g/mol. The van der Waals surface area contributed by atoms with Crippen LogP contribution in [0.25, 0.3) is 21.9 Å². The lowest BCUT2D eigenvalue weighted by atomic mass is 10.1. The van der Waals surface area contributed by atoms with Crippen molar-refractivity contribution >= 4 is 45.1 Å². The largest absolute Gasteiger partial charge is 0.439 e. The Morgan fingerprint density at radius 3 is 1.56 bits per heavy atom. The second-order valence-electron chi connectivity index (χ2n) is 3.60. The van der Waals surface area contributed by atoms with Crippen LogP contribution in [-0.4, -0.2) is 0 Å². The van der Waals surface area contributed by atoms with Gasteiger partial charge in [0.2, 0.25) is 11.8 Å². The Labute approximate surface area is 89.7 Å². The van der Waals surface area contributed by atoms with E-state index in [1.807, 2.05) is 0 Å². The predicted octanol–water partition coefficient (Wildman–Crippen LogP) is 1.51. The first-order chi connectivity index (χ1) is 7.58. The Morgan fingerprint density at radius 1 is 0.688 bits per heavy atom. The Morgan fingerprint density at radius 2 is 1.12 bits per heavy atom. The summed E-state index contributed by atoms with van der Waals surface area (Å²) >= 11 is 0. The van der Waals surface area contributed by atoms with Gasteiger partial charge in [-0.2, -0.15) is 0 Å². The lowest BCUT2D eigenvalue weighted by molar-refractivity contribution is 0.626. The van der Waals surface area contributed by atoms with E-state index in [9.17, 15) is 0 Å². The standard InChI is InChI=1S/C10H10N4O2/c11-7-3-1-4-6(16-10(14)8(4)12)2-5(3)15-9(7)13/h1-2H,11-14H2. The van der Waals surface area contributed by atoms with Gasteiger partial charge in [0.25, 0.3) is 0 Å². The van der Waals surface area contributed by atoms with Crippen LogP contribution < -0.4 is 22.9 Å². The Balaban J connectivity index is 2.53. The zero-order chi connectivity index (χ0) is 11.4. The van der Waals surface area contributed by atoms with E-state index in [0.717, 1.165) is 0 Å². The molecule has 0 amide bonds. The van der Waals surface area contributed by atoms with E-state index >= 15 is 0 Å². The summed E-state index contributed by atoms with van der Waals surface area (Å²) in [5.41, 5.74) is 24.6. The van der Waals surface area contributed by atoms with E-state index in [0.29, 0.717) is 33.3 Å². The molecule has 0 saturated carbocycles. The third-order valence-electron chi connectivity index (χ3n) is 2.63. The van der Waals surface area contributed by atoms with Gasteiger partial charge in [-0.15, -0.1) is 0 Å². The maximum Gasteiger partial charge on any atom is 0.214 e. The number of furan rings is 2. The highest BCUT2D eigenvalue weighted by Crippen LogP contribution is 2.38. The fraction of sp³-hybridized carbons (Fsp3) is 0. The number of nitrogen functional groups attached to an aromatic ring is 4. The first kappa shape index (κ1) is 8.78. The minimum Gasteiger partial charge on any atom is -0.439 e. The minimum atomic E-state index is 0.189. The van der Waals surface area contributed by atoms with Crippen molar-refractivity contribution < 1.29 is 8.83 Å². The molecule has 16 heavy (non-hydrogen) atoms. The molecule has 2 aromatic heterocycles. The van der Waals surface area contributed by atoms with Crippen molar-refractivity contribution in [2.75, 3.05) is 22.9 Å². The molecule has 82 valence electrons. The summed E-state index contributed by atoms with van der Waals surface area (Å²) in [5, 5.41) is 1.41. The van der Waals surface area contributed by atoms with Gasteiger partial charge in [0.1, 0.15) is 22.5 Å². The van der Waals surface area contributed by atoms with Crippen molar-refractivity contribution in [3.8, 4) is 0 Å². The molecule has 3 aromatic rings. The van der Waals surface area contributed by atoms with Crippen molar-refractivity contribution in [3.05, 3.63) is 12.1 Å². The monoisotopic (exact) mass is 218 g/mol. The number of benzene rings is 1. The molecule has 0 aliphatic heterocycles. The van der Waals surface area contributed by atoms with Gasteiger partial charge in [-0.05, 0) is 6.07 Å². The number of hydrogen-bond acceptors (Lipinski definition) is 6. The molecule has 0 atom stereocenters. The zero-order valence-electron chi connectivity index (χ0n) is 8.28. The molecule has 3 rings (SSSR count). The van der Waals surface area contributed by atoms with E-state index in [1.54, 1.807) is 12.1 Å². The van der Waals surface area contributed by atoms with Crippen molar-refractivity contribution in [2.45, 2.75) is 0 Å². The van der Waals surface area contributed by atoms with Gasteiger partial charge in [-0.25, -0.2) is 0 Å². The Bertz CT molecular complexity index is 653. The molecule has 1 aromatic carbocycles. The Kier molecular flexibility index (Phi) is 1.40. The summed E-state index contributed by atoms with van der Waals surface area (Å²) < 4.78 is 10.5. The first-order valence-corrected chi connectivity index (χ1v) is 4.63. The van der Waals surface area contributed by atoms with Gasteiger partial charge in [0.05, 0.1) is 0 Å². The SMILES string of the molecule is Nc1oc2cc3oc(N)c(N)c3cc2c1N.